The van der Waals surface area contributed by atoms with E-state index < -0.39 is 0 Å². The topological polar surface area (TPSA) is 67.8 Å². The average molecular weight is 346 g/mol. The van der Waals surface area contributed by atoms with Gasteiger partial charge in [0.05, 0.1) is 5.92 Å². The molecule has 5 atom stereocenters. The monoisotopic (exact) mass is 346 g/mol. The van der Waals surface area contributed by atoms with Crippen LogP contribution in [-0.4, -0.2) is 24.2 Å². The maximum absolute atomic E-state index is 12.2. The van der Waals surface area contributed by atoms with Gasteiger partial charge in [0.15, 0.2) is 6.61 Å². The Labute approximate surface area is 150 Å². The smallest absolute Gasteiger partial charge is 0.309 e. The molecule has 5 nitrogen and oxygen atoms in total. The molecule has 0 saturated heterocycles. The highest BCUT2D eigenvalue weighted by atomic mass is 16.5. The molecule has 0 spiro atoms. The third-order valence-electron chi connectivity index (χ3n) is 8.21. The zero-order valence-corrected chi connectivity index (χ0v) is 15.6. The number of hydrazone groups is 1. The Morgan fingerprint density at radius 2 is 2.00 bits per heavy atom. The number of carbonyl (C=O) groups is 2. The van der Waals surface area contributed by atoms with Crippen molar-refractivity contribution in [2.24, 2.45) is 39.6 Å². The summed E-state index contributed by atoms with van der Waals surface area (Å²) in [5, 5.41) is 4.41. The fourth-order valence-electron chi connectivity index (χ4n) is 6.04. The van der Waals surface area contributed by atoms with Gasteiger partial charge >= 0.3 is 5.97 Å². The number of esters is 1. The molecule has 138 valence electrons. The maximum Gasteiger partial charge on any atom is 0.309 e. The molecule has 4 aliphatic carbocycles. The van der Waals surface area contributed by atoms with Crippen LogP contribution in [0.4, 0.5) is 0 Å². The zero-order valence-electron chi connectivity index (χ0n) is 15.6. The van der Waals surface area contributed by atoms with Gasteiger partial charge in [-0.25, -0.2) is 5.43 Å². The first-order valence-corrected chi connectivity index (χ1v) is 9.84. The van der Waals surface area contributed by atoms with Crippen molar-refractivity contribution >= 4 is 17.6 Å². The summed E-state index contributed by atoms with van der Waals surface area (Å²) in [6.07, 6.45) is 7.85. The summed E-state index contributed by atoms with van der Waals surface area (Å²) < 4.78 is 5.26. The van der Waals surface area contributed by atoms with Crippen LogP contribution in [0.3, 0.4) is 0 Å². The summed E-state index contributed by atoms with van der Waals surface area (Å²) in [7, 11) is 0. The van der Waals surface area contributed by atoms with E-state index in [1.54, 1.807) is 0 Å². The minimum absolute atomic E-state index is 0.0168. The van der Waals surface area contributed by atoms with Crippen molar-refractivity contribution in [2.75, 3.05) is 6.61 Å². The van der Waals surface area contributed by atoms with E-state index in [1.165, 1.54) is 12.8 Å². The molecule has 4 fully saturated rings. The highest BCUT2D eigenvalue weighted by Gasteiger charge is 2.60. The number of fused-ring (bicyclic) bond motifs is 4. The molecule has 1 amide bonds. The molecular formula is C20H30N2O3. The first-order valence-electron chi connectivity index (χ1n) is 9.84. The number of hydrogen-bond donors (Lipinski definition) is 1. The Balaban J connectivity index is 1.28. The number of amides is 1. The lowest BCUT2D eigenvalue weighted by molar-refractivity contribution is -0.154. The molecule has 0 unspecified atom stereocenters. The van der Waals surface area contributed by atoms with Gasteiger partial charge < -0.3 is 4.74 Å². The van der Waals surface area contributed by atoms with Gasteiger partial charge in [-0.2, -0.15) is 5.10 Å². The second-order valence-corrected chi connectivity index (χ2v) is 9.48. The van der Waals surface area contributed by atoms with Crippen molar-refractivity contribution in [3.8, 4) is 0 Å². The van der Waals surface area contributed by atoms with Gasteiger partial charge in [0.1, 0.15) is 0 Å². The predicted octanol–water partition coefficient (Wildman–Crippen LogP) is 3.28. The molecule has 0 heterocycles. The highest BCUT2D eigenvalue weighted by Crippen LogP contribution is 2.63. The number of ether oxygens (including phenoxy) is 1. The Bertz CT molecular complexity index is 626. The summed E-state index contributed by atoms with van der Waals surface area (Å²) >= 11 is 0. The summed E-state index contributed by atoms with van der Waals surface area (Å²) in [6.45, 7) is 6.67. The average Bonchev–Trinajstić information content (AvgIpc) is 3.29. The summed E-state index contributed by atoms with van der Waals surface area (Å²) in [4.78, 5) is 24.3. The van der Waals surface area contributed by atoms with E-state index in [9.17, 15) is 9.59 Å². The van der Waals surface area contributed by atoms with Crippen molar-refractivity contribution < 1.29 is 14.3 Å². The lowest BCUT2D eigenvalue weighted by Crippen LogP contribution is -2.35. The highest BCUT2D eigenvalue weighted by molar-refractivity contribution is 5.95. The summed E-state index contributed by atoms with van der Waals surface area (Å²) in [5.41, 5.74) is 4.04. The van der Waals surface area contributed by atoms with Crippen molar-refractivity contribution in [1.82, 2.24) is 5.43 Å². The Morgan fingerprint density at radius 1 is 1.20 bits per heavy atom. The normalized spacial score (nSPS) is 42.1. The van der Waals surface area contributed by atoms with Gasteiger partial charge in [0.25, 0.3) is 5.91 Å². The first-order chi connectivity index (χ1) is 11.8. The fourth-order valence-corrected chi connectivity index (χ4v) is 6.04. The van der Waals surface area contributed by atoms with Gasteiger partial charge in [-0.15, -0.1) is 0 Å². The van der Waals surface area contributed by atoms with Crippen molar-refractivity contribution in [2.45, 2.75) is 65.7 Å². The number of nitrogens with zero attached hydrogens (tertiary/aromatic N) is 1. The zero-order chi connectivity index (χ0) is 17.8. The minimum Gasteiger partial charge on any atom is -0.455 e. The van der Waals surface area contributed by atoms with Gasteiger partial charge in [-0.3, -0.25) is 9.59 Å². The van der Waals surface area contributed by atoms with Gasteiger partial charge in [-0.1, -0.05) is 27.2 Å². The standard InChI is InChI=1S/C20H30N2O3/c1-19(2)14-6-7-20(19,3)16(10-14)21-22-17(23)11-25-18(24)15-9-12-4-5-13(15)8-12/h12-15H,4-11H2,1-3H3,(H,22,23)/t12-,13-,14-,15+,20+/m0/s1. The summed E-state index contributed by atoms with van der Waals surface area (Å²) in [6, 6.07) is 0. The minimum atomic E-state index is -0.326. The molecule has 4 bridgehead atoms. The molecule has 0 aromatic rings. The molecule has 4 saturated carbocycles. The van der Waals surface area contributed by atoms with Crippen LogP contribution in [0.5, 0.6) is 0 Å². The third-order valence-corrected chi connectivity index (χ3v) is 8.21. The molecule has 25 heavy (non-hydrogen) atoms. The molecule has 0 aromatic heterocycles. The second-order valence-electron chi connectivity index (χ2n) is 9.48. The van der Waals surface area contributed by atoms with Gasteiger partial charge in [0, 0.05) is 11.1 Å². The van der Waals surface area contributed by atoms with Crippen molar-refractivity contribution in [3.05, 3.63) is 0 Å². The largest absolute Gasteiger partial charge is 0.455 e. The number of carbonyl (C=O) groups excluding carboxylic acids is 2. The molecule has 4 aliphatic rings. The number of hydrogen-bond acceptors (Lipinski definition) is 4. The molecule has 4 rings (SSSR count). The van der Waals surface area contributed by atoms with Crippen LogP contribution >= 0.6 is 0 Å². The van der Waals surface area contributed by atoms with Crippen LogP contribution in [0.2, 0.25) is 0 Å². The van der Waals surface area contributed by atoms with Crippen LogP contribution in [0.15, 0.2) is 5.10 Å². The number of rotatable bonds is 4. The van der Waals surface area contributed by atoms with E-state index in [2.05, 4.69) is 31.3 Å². The van der Waals surface area contributed by atoms with Crippen LogP contribution in [0.25, 0.3) is 0 Å². The molecule has 0 radical (unpaired) electrons. The van der Waals surface area contributed by atoms with Gasteiger partial charge in [0.2, 0.25) is 0 Å². The second kappa shape index (κ2) is 5.82. The Morgan fingerprint density at radius 3 is 2.56 bits per heavy atom. The Hall–Kier alpha value is -1.39. The molecule has 0 aliphatic heterocycles. The predicted molar refractivity (Wildman–Crippen MR) is 94.7 cm³/mol. The van der Waals surface area contributed by atoms with E-state index in [1.807, 2.05) is 0 Å². The van der Waals surface area contributed by atoms with E-state index in [4.69, 9.17) is 4.74 Å². The molecule has 0 aromatic carbocycles. The quantitative estimate of drug-likeness (QED) is 0.627. The fraction of sp³-hybridized carbons (Fsp3) is 0.850. The van der Waals surface area contributed by atoms with E-state index in [0.29, 0.717) is 17.8 Å². The van der Waals surface area contributed by atoms with Crippen LogP contribution < -0.4 is 5.43 Å². The lowest BCUT2D eigenvalue weighted by atomic mass is 9.70. The van der Waals surface area contributed by atoms with E-state index >= 15 is 0 Å². The third kappa shape index (κ3) is 2.61. The van der Waals surface area contributed by atoms with Gasteiger partial charge in [-0.05, 0) is 61.7 Å². The first kappa shape index (κ1) is 17.0. The number of nitrogens with one attached hydrogen (secondary N) is 1. The van der Waals surface area contributed by atoms with Crippen LogP contribution in [0, 0.1) is 34.5 Å². The Kier molecular flexibility index (Phi) is 3.97. The molecule has 5 heteroatoms. The van der Waals surface area contributed by atoms with E-state index in [0.717, 1.165) is 37.8 Å². The molecule has 1 N–H and O–H groups in total. The van der Waals surface area contributed by atoms with E-state index in [-0.39, 0.29) is 35.2 Å². The van der Waals surface area contributed by atoms with Crippen LogP contribution in [-0.2, 0) is 14.3 Å². The van der Waals surface area contributed by atoms with Crippen molar-refractivity contribution in [3.63, 3.8) is 0 Å². The SMILES string of the molecule is CC1(C)[C@H]2CC[C@]1(C)C(=NNC(=O)COC(=O)[C@@H]1C[C@H]3CC[C@H]1C3)C2. The lowest BCUT2D eigenvalue weighted by Gasteiger charge is -2.34. The van der Waals surface area contributed by atoms with Crippen LogP contribution in [0.1, 0.15) is 65.7 Å². The maximum atomic E-state index is 12.2. The molecular weight excluding hydrogens is 316 g/mol. The van der Waals surface area contributed by atoms with Crippen molar-refractivity contribution in [1.29, 1.82) is 0 Å². The summed E-state index contributed by atoms with van der Waals surface area (Å²) in [5.74, 6) is 1.34.